The van der Waals surface area contributed by atoms with Crippen LogP contribution in [0.5, 0.6) is 0 Å². The van der Waals surface area contributed by atoms with Gasteiger partial charge in [-0.25, -0.2) is 0 Å². The van der Waals surface area contributed by atoms with E-state index >= 15 is 0 Å². The molecule has 2 aromatic rings. The molecule has 1 fully saturated rings. The van der Waals surface area contributed by atoms with Crippen LogP contribution in [0.1, 0.15) is 29.4 Å². The molecular weight excluding hydrogens is 372 g/mol. The van der Waals surface area contributed by atoms with Crippen LogP contribution in [0, 0.1) is 20.8 Å². The highest BCUT2D eigenvalue weighted by molar-refractivity contribution is 8.26. The van der Waals surface area contributed by atoms with E-state index in [9.17, 15) is 4.79 Å². The van der Waals surface area contributed by atoms with E-state index in [1.165, 1.54) is 11.8 Å². The standard InChI is InChI=1S/C19H19ClN2OS2/c1-5-21-18(23)17(25-19(21)24)9-14-8-12(3)22(13(14)4)16-10-15(20)7-6-11(16)2/h6-10H,5H2,1-4H3/b17-9-. The molecular formula is C19H19ClN2OS2. The largest absolute Gasteiger partial charge is 0.318 e. The monoisotopic (exact) mass is 390 g/mol. The molecule has 1 aromatic heterocycles. The molecule has 0 bridgehead atoms. The number of thiocarbonyl (C=S) groups is 1. The van der Waals surface area contributed by atoms with Crippen molar-refractivity contribution < 1.29 is 4.79 Å². The van der Waals surface area contributed by atoms with Crippen molar-refractivity contribution in [2.75, 3.05) is 6.54 Å². The number of rotatable bonds is 3. The third-order valence-corrected chi connectivity index (χ3v) is 5.97. The molecule has 3 rings (SSSR count). The van der Waals surface area contributed by atoms with E-state index in [0.29, 0.717) is 20.8 Å². The van der Waals surface area contributed by atoms with Gasteiger partial charge in [0.05, 0.1) is 4.91 Å². The molecule has 25 heavy (non-hydrogen) atoms. The van der Waals surface area contributed by atoms with Crippen molar-refractivity contribution in [1.29, 1.82) is 0 Å². The fourth-order valence-electron chi connectivity index (χ4n) is 3.04. The lowest BCUT2D eigenvalue weighted by molar-refractivity contribution is -0.121. The third kappa shape index (κ3) is 3.28. The lowest BCUT2D eigenvalue weighted by atomic mass is 10.2. The van der Waals surface area contributed by atoms with Crippen LogP contribution in [0.15, 0.2) is 29.2 Å². The Morgan fingerprint density at radius 2 is 1.96 bits per heavy atom. The van der Waals surface area contributed by atoms with Crippen LogP contribution in [0.3, 0.4) is 0 Å². The first-order chi connectivity index (χ1) is 11.8. The average Bonchev–Trinajstić information content (AvgIpc) is 2.98. The molecule has 0 radical (unpaired) electrons. The van der Waals surface area contributed by atoms with Crippen LogP contribution >= 0.6 is 35.6 Å². The number of carbonyl (C=O) groups excluding carboxylic acids is 1. The van der Waals surface area contributed by atoms with Gasteiger partial charge in [0.25, 0.3) is 5.91 Å². The van der Waals surface area contributed by atoms with Crippen molar-refractivity contribution in [2.45, 2.75) is 27.7 Å². The number of likely N-dealkylation sites (N-methyl/N-ethyl adjacent to an activating group) is 1. The summed E-state index contributed by atoms with van der Waals surface area (Å²) in [5.41, 5.74) is 5.40. The topological polar surface area (TPSA) is 25.2 Å². The maximum Gasteiger partial charge on any atom is 0.266 e. The molecule has 0 spiro atoms. The second-order valence-corrected chi connectivity index (χ2v) is 8.13. The van der Waals surface area contributed by atoms with E-state index in [4.69, 9.17) is 23.8 Å². The molecule has 0 N–H and O–H groups in total. The fraction of sp³-hybridized carbons (Fsp3) is 0.263. The number of amides is 1. The summed E-state index contributed by atoms with van der Waals surface area (Å²) in [4.78, 5) is 14.8. The number of benzene rings is 1. The number of aryl methyl sites for hydroxylation is 2. The normalized spacial score (nSPS) is 16.4. The summed E-state index contributed by atoms with van der Waals surface area (Å²) in [6.45, 7) is 8.71. The Bertz CT molecular complexity index is 914. The summed E-state index contributed by atoms with van der Waals surface area (Å²) in [5, 5.41) is 0.707. The number of thioether (sulfide) groups is 1. The van der Waals surface area contributed by atoms with Gasteiger partial charge in [0.2, 0.25) is 0 Å². The van der Waals surface area contributed by atoms with E-state index in [2.05, 4.69) is 31.4 Å². The molecule has 130 valence electrons. The zero-order chi connectivity index (χ0) is 18.3. The molecule has 0 atom stereocenters. The molecule has 1 saturated heterocycles. The van der Waals surface area contributed by atoms with Gasteiger partial charge in [-0.05, 0) is 63.1 Å². The Morgan fingerprint density at radius 3 is 2.60 bits per heavy atom. The van der Waals surface area contributed by atoms with Crippen LogP contribution in [0.4, 0.5) is 0 Å². The fourth-order valence-corrected chi connectivity index (χ4v) is 4.58. The molecule has 1 amide bonds. The first kappa shape index (κ1) is 18.2. The molecule has 6 heteroatoms. The summed E-state index contributed by atoms with van der Waals surface area (Å²) in [6.07, 6.45) is 1.94. The number of hydrogen-bond donors (Lipinski definition) is 0. The summed E-state index contributed by atoms with van der Waals surface area (Å²) >= 11 is 12.8. The first-order valence-electron chi connectivity index (χ1n) is 8.04. The summed E-state index contributed by atoms with van der Waals surface area (Å²) in [6, 6.07) is 7.97. The van der Waals surface area contributed by atoms with Gasteiger partial charge in [-0.3, -0.25) is 9.69 Å². The quantitative estimate of drug-likeness (QED) is 0.526. The smallest absolute Gasteiger partial charge is 0.266 e. The zero-order valence-electron chi connectivity index (χ0n) is 14.6. The average molecular weight is 391 g/mol. The molecule has 0 unspecified atom stereocenters. The Labute approximate surface area is 162 Å². The van der Waals surface area contributed by atoms with Gasteiger partial charge in [-0.2, -0.15) is 0 Å². The molecule has 3 nitrogen and oxygen atoms in total. The number of nitrogens with zero attached hydrogens (tertiary/aromatic N) is 2. The van der Waals surface area contributed by atoms with Gasteiger partial charge in [0.1, 0.15) is 4.32 Å². The first-order valence-corrected chi connectivity index (χ1v) is 9.64. The van der Waals surface area contributed by atoms with E-state index in [-0.39, 0.29) is 5.91 Å². The van der Waals surface area contributed by atoms with Gasteiger partial charge >= 0.3 is 0 Å². The Hall–Kier alpha value is -1.56. The van der Waals surface area contributed by atoms with Crippen LogP contribution < -0.4 is 0 Å². The Kier molecular flexibility index (Phi) is 5.09. The Morgan fingerprint density at radius 1 is 1.24 bits per heavy atom. The van der Waals surface area contributed by atoms with E-state index in [1.807, 2.05) is 31.2 Å². The second kappa shape index (κ2) is 6.98. The predicted molar refractivity (Wildman–Crippen MR) is 111 cm³/mol. The number of aromatic nitrogens is 1. The summed E-state index contributed by atoms with van der Waals surface area (Å²) in [7, 11) is 0. The maximum absolute atomic E-state index is 12.4. The van der Waals surface area contributed by atoms with Crippen LogP contribution in [-0.4, -0.2) is 26.2 Å². The van der Waals surface area contributed by atoms with Gasteiger partial charge in [0.15, 0.2) is 0 Å². The lowest BCUT2D eigenvalue weighted by Crippen LogP contribution is -2.27. The molecule has 0 aliphatic carbocycles. The molecule has 1 aromatic carbocycles. The second-order valence-electron chi connectivity index (χ2n) is 6.02. The van der Waals surface area contributed by atoms with Crippen molar-refractivity contribution >= 4 is 51.9 Å². The van der Waals surface area contributed by atoms with Crippen LogP contribution in [0.25, 0.3) is 11.8 Å². The lowest BCUT2D eigenvalue weighted by Gasteiger charge is -2.13. The number of halogens is 1. The van der Waals surface area contributed by atoms with Gasteiger partial charge in [-0.15, -0.1) is 0 Å². The molecule has 1 aliphatic rings. The van der Waals surface area contributed by atoms with E-state index in [1.54, 1.807) is 4.90 Å². The zero-order valence-corrected chi connectivity index (χ0v) is 17.0. The summed E-state index contributed by atoms with van der Waals surface area (Å²) < 4.78 is 2.80. The third-order valence-electron chi connectivity index (χ3n) is 4.36. The van der Waals surface area contributed by atoms with E-state index in [0.717, 1.165) is 28.2 Å². The minimum absolute atomic E-state index is 0.0127. The number of hydrogen-bond acceptors (Lipinski definition) is 3. The number of carbonyl (C=O) groups is 1. The van der Waals surface area contributed by atoms with Crippen LogP contribution in [0.2, 0.25) is 5.02 Å². The van der Waals surface area contributed by atoms with E-state index < -0.39 is 0 Å². The summed E-state index contributed by atoms with van der Waals surface area (Å²) in [5.74, 6) is -0.0127. The maximum atomic E-state index is 12.4. The van der Waals surface area contributed by atoms with Crippen molar-refractivity contribution in [3.05, 3.63) is 56.7 Å². The highest BCUT2D eigenvalue weighted by Gasteiger charge is 2.30. The SMILES string of the molecule is CCN1C(=O)/C(=C/c2cc(C)n(-c3cc(Cl)ccc3C)c2C)SC1=S. The molecule has 1 aliphatic heterocycles. The Balaban J connectivity index is 2.07. The van der Waals surface area contributed by atoms with Crippen molar-refractivity contribution in [1.82, 2.24) is 9.47 Å². The minimum atomic E-state index is -0.0127. The van der Waals surface area contributed by atoms with Gasteiger partial charge in [0, 0.05) is 28.6 Å². The highest BCUT2D eigenvalue weighted by Crippen LogP contribution is 2.34. The predicted octanol–water partition coefficient (Wildman–Crippen LogP) is 5.28. The van der Waals surface area contributed by atoms with Gasteiger partial charge < -0.3 is 4.57 Å². The van der Waals surface area contributed by atoms with Crippen molar-refractivity contribution in [3.63, 3.8) is 0 Å². The van der Waals surface area contributed by atoms with Crippen molar-refractivity contribution in [3.8, 4) is 5.69 Å². The molecule has 0 saturated carbocycles. The van der Waals surface area contributed by atoms with Crippen molar-refractivity contribution in [2.24, 2.45) is 0 Å². The van der Waals surface area contributed by atoms with Crippen LogP contribution in [-0.2, 0) is 4.79 Å². The minimum Gasteiger partial charge on any atom is -0.318 e. The van der Waals surface area contributed by atoms with Gasteiger partial charge in [-0.1, -0.05) is 41.6 Å². The molecule has 2 heterocycles. The highest BCUT2D eigenvalue weighted by atomic mass is 35.5.